The Hall–Kier alpha value is -1.73. The van der Waals surface area contributed by atoms with Crippen LogP contribution in [0.15, 0.2) is 30.6 Å². The van der Waals surface area contributed by atoms with Crippen LogP contribution in [0.5, 0.6) is 0 Å². The molecule has 1 aromatic carbocycles. The fourth-order valence-electron chi connectivity index (χ4n) is 3.72. The number of halogens is 3. The Morgan fingerprint density at radius 2 is 1.82 bits per heavy atom. The number of benzene rings is 1. The molecule has 1 aliphatic heterocycles. The van der Waals surface area contributed by atoms with Gasteiger partial charge in [0.25, 0.3) is 5.91 Å². The maximum absolute atomic E-state index is 16.3. The molecule has 156 valence electrons. The molecular formula is C19H15B6ClF2N4O. The van der Waals surface area contributed by atoms with Gasteiger partial charge in [-0.05, 0) is 53.0 Å². The molecule has 0 spiro atoms. The number of aryl methyl sites for hydroxylation is 1. The molecule has 1 fully saturated rings. The smallest absolute Gasteiger partial charge is 0.253 e. The van der Waals surface area contributed by atoms with E-state index in [1.165, 1.54) is 23.4 Å². The maximum atomic E-state index is 16.3. The van der Waals surface area contributed by atoms with Crippen molar-refractivity contribution in [1.29, 1.82) is 0 Å². The van der Waals surface area contributed by atoms with Gasteiger partial charge >= 0.3 is 0 Å². The Morgan fingerprint density at radius 3 is 2.36 bits per heavy atom. The number of nitrogens with one attached hydrogen (secondary N) is 1. The predicted octanol–water partition coefficient (Wildman–Crippen LogP) is 0.313. The van der Waals surface area contributed by atoms with Crippen LogP contribution in [0.4, 0.5) is 8.78 Å². The molecule has 3 rings (SSSR count). The topological polar surface area (TPSA) is 58.1 Å². The molecule has 0 bridgehead atoms. The van der Waals surface area contributed by atoms with Gasteiger partial charge in [0.15, 0.2) is 0 Å². The highest BCUT2D eigenvalue weighted by molar-refractivity contribution is 6.47. The van der Waals surface area contributed by atoms with E-state index in [1.807, 2.05) is 0 Å². The molecule has 12 radical (unpaired) electrons. The fourth-order valence-corrected chi connectivity index (χ4v) is 3.90. The Bertz CT molecular complexity index is 1060. The largest absolute Gasteiger partial charge is 0.339 e. The zero-order chi connectivity index (χ0) is 24.8. The normalized spacial score (nSPS) is 21.0. The summed E-state index contributed by atoms with van der Waals surface area (Å²) in [6, 6.07) is 3.44. The van der Waals surface area contributed by atoms with Crippen molar-refractivity contribution in [3.05, 3.63) is 58.4 Å². The minimum atomic E-state index is -2.69. The van der Waals surface area contributed by atoms with Crippen LogP contribution in [0, 0.1) is 12.7 Å². The van der Waals surface area contributed by atoms with Crippen molar-refractivity contribution in [2.24, 2.45) is 0 Å². The van der Waals surface area contributed by atoms with Crippen LogP contribution in [0.1, 0.15) is 28.2 Å². The minimum Gasteiger partial charge on any atom is -0.339 e. The van der Waals surface area contributed by atoms with Crippen molar-refractivity contribution in [2.75, 3.05) is 13.1 Å². The van der Waals surface area contributed by atoms with Crippen molar-refractivity contribution in [3.8, 4) is 0 Å². The summed E-state index contributed by atoms with van der Waals surface area (Å²) < 4.78 is 29.7. The zero-order valence-corrected chi connectivity index (χ0v) is 18.6. The maximum Gasteiger partial charge on any atom is 0.253 e. The number of piperidine rings is 1. The van der Waals surface area contributed by atoms with Gasteiger partial charge in [-0.25, -0.2) is 18.7 Å². The van der Waals surface area contributed by atoms with Crippen LogP contribution in [-0.2, 0) is 5.34 Å². The number of alkyl halides is 1. The van der Waals surface area contributed by atoms with Crippen LogP contribution in [-0.4, -0.2) is 91.9 Å². The molecule has 1 amide bonds. The zero-order valence-electron chi connectivity index (χ0n) is 17.9. The summed E-state index contributed by atoms with van der Waals surface area (Å²) in [4.78, 5) is 22.0. The van der Waals surface area contributed by atoms with Gasteiger partial charge in [0.05, 0.1) is 52.1 Å². The minimum absolute atomic E-state index is 0.0768. The van der Waals surface area contributed by atoms with Crippen molar-refractivity contribution < 1.29 is 13.6 Å². The first kappa shape index (κ1) is 25.9. The number of likely N-dealkylation sites (tertiary alicyclic amines) is 1. The number of carbonyl (C=O) groups is 1. The summed E-state index contributed by atoms with van der Waals surface area (Å²) >= 11 is 5.75. The van der Waals surface area contributed by atoms with Crippen molar-refractivity contribution >= 4 is 64.6 Å². The number of rotatable bonds is 5. The van der Waals surface area contributed by atoms with Gasteiger partial charge in [0.1, 0.15) is 17.3 Å². The first-order valence-corrected chi connectivity index (χ1v) is 10.2. The summed E-state index contributed by atoms with van der Waals surface area (Å²) in [7, 11) is 36.4. The summed E-state index contributed by atoms with van der Waals surface area (Å²) in [6.45, 7) is 1.12. The van der Waals surface area contributed by atoms with Gasteiger partial charge in [0, 0.05) is 31.0 Å². The third-order valence-corrected chi connectivity index (χ3v) is 5.88. The first-order valence-electron chi connectivity index (χ1n) is 9.85. The average Bonchev–Trinajstić information content (AvgIpc) is 2.71. The quantitative estimate of drug-likeness (QED) is 0.663. The van der Waals surface area contributed by atoms with Gasteiger partial charge in [-0.3, -0.25) is 4.79 Å². The number of nitrogens with zero attached hydrogens (tertiary/aromatic N) is 3. The molecular weight excluding hydrogens is 439 g/mol. The molecule has 5 nitrogen and oxygen atoms in total. The van der Waals surface area contributed by atoms with E-state index in [1.54, 1.807) is 6.92 Å². The monoisotopic (exact) mass is 454 g/mol. The third-order valence-electron chi connectivity index (χ3n) is 5.59. The van der Waals surface area contributed by atoms with E-state index >= 15 is 4.39 Å². The van der Waals surface area contributed by atoms with Crippen molar-refractivity contribution in [1.82, 2.24) is 20.2 Å². The highest BCUT2D eigenvalue weighted by Gasteiger charge is 2.57. The van der Waals surface area contributed by atoms with E-state index in [0.717, 1.165) is 17.7 Å². The van der Waals surface area contributed by atoms with Gasteiger partial charge in [0.2, 0.25) is 0 Å². The molecule has 0 aliphatic carbocycles. The lowest BCUT2D eigenvalue weighted by molar-refractivity contribution is 0.0167. The third kappa shape index (κ3) is 4.90. The molecule has 14 heteroatoms. The van der Waals surface area contributed by atoms with Gasteiger partial charge in [-0.15, -0.1) is 0 Å². The Balaban J connectivity index is 1.82. The van der Waals surface area contributed by atoms with Crippen LogP contribution < -0.4 is 5.32 Å². The van der Waals surface area contributed by atoms with Gasteiger partial charge < -0.3 is 10.2 Å². The van der Waals surface area contributed by atoms with E-state index < -0.39 is 46.2 Å². The van der Waals surface area contributed by atoms with Gasteiger partial charge in [-0.2, -0.15) is 0 Å². The summed E-state index contributed by atoms with van der Waals surface area (Å²) in [5.74, 6) is -1.36. The first-order chi connectivity index (χ1) is 15.1. The highest BCUT2D eigenvalue weighted by atomic mass is 35.5. The highest BCUT2D eigenvalue weighted by Crippen LogP contribution is 2.48. The fraction of sp³-hybridized carbons (Fsp3) is 0.421. The second-order valence-corrected chi connectivity index (χ2v) is 8.80. The number of aromatic nitrogens is 2. The second kappa shape index (κ2) is 8.80. The molecule has 2 aromatic rings. The van der Waals surface area contributed by atoms with Crippen LogP contribution in [0.25, 0.3) is 0 Å². The molecule has 1 unspecified atom stereocenters. The Kier molecular flexibility index (Phi) is 6.91. The second-order valence-electron chi connectivity index (χ2n) is 8.39. The lowest BCUT2D eigenvalue weighted by Crippen LogP contribution is -2.74. The van der Waals surface area contributed by atoms with Crippen molar-refractivity contribution in [2.45, 2.75) is 34.9 Å². The van der Waals surface area contributed by atoms with Crippen LogP contribution >= 0.6 is 11.6 Å². The number of amides is 1. The number of hydrogen-bond acceptors (Lipinski definition) is 4. The van der Waals surface area contributed by atoms with E-state index in [0.29, 0.717) is 0 Å². The summed E-state index contributed by atoms with van der Waals surface area (Å²) in [6.07, 6.45) is 2.45. The van der Waals surface area contributed by atoms with E-state index in [2.05, 4.69) is 15.3 Å². The summed E-state index contributed by atoms with van der Waals surface area (Å²) in [5.41, 5.74) is -1.87. The Morgan fingerprint density at radius 1 is 1.21 bits per heavy atom. The molecule has 2 heterocycles. The van der Waals surface area contributed by atoms with Gasteiger partial charge in [-0.1, -0.05) is 11.6 Å². The number of hydrogen-bond donors (Lipinski definition) is 1. The van der Waals surface area contributed by atoms with Crippen LogP contribution in [0.3, 0.4) is 0 Å². The molecule has 1 saturated heterocycles. The molecule has 1 aliphatic rings. The molecule has 0 saturated carbocycles. The SMILES string of the molecule is [B]C([B])(NC([B])([B])C1(F)CCN(C(=O)c2ccc(F)c(Cl)c2)CC1([B])[B])c1ncc(C)cn1. The molecule has 33 heavy (non-hydrogen) atoms. The van der Waals surface area contributed by atoms with E-state index in [-0.39, 0.29) is 23.0 Å². The predicted molar refractivity (Wildman–Crippen MR) is 127 cm³/mol. The molecule has 1 atom stereocenters. The lowest BCUT2D eigenvalue weighted by atomic mass is 9.34. The molecule has 1 N–H and O–H groups in total. The van der Waals surface area contributed by atoms with E-state index in [4.69, 9.17) is 58.7 Å². The Labute approximate surface area is 204 Å². The lowest BCUT2D eigenvalue weighted by Gasteiger charge is -2.59. The van der Waals surface area contributed by atoms with Crippen molar-refractivity contribution in [3.63, 3.8) is 0 Å². The molecule has 1 aromatic heterocycles. The number of carbonyl (C=O) groups excluding carboxylic acids is 1. The average molecular weight is 454 g/mol. The van der Waals surface area contributed by atoms with Crippen LogP contribution in [0.2, 0.25) is 10.2 Å². The summed E-state index contributed by atoms with van der Waals surface area (Å²) in [5, 5.41) is -4.55. The van der Waals surface area contributed by atoms with E-state index in [9.17, 15) is 9.18 Å². The standard InChI is InChI=1S/C19H15B6ClF2N4O/c1-10-7-29-15(30-8-10)18(22,23)31-19(24,25)16(28)4-5-32(9-17(16,20)21)14(33)11-2-3-13(27)12(26)6-11/h2-3,6-8,31H,4-5,9H2,1H3.